The van der Waals surface area contributed by atoms with E-state index in [9.17, 15) is 14.3 Å². The largest absolute Gasteiger partial charge is 0.507 e. The molecule has 0 atom stereocenters. The van der Waals surface area contributed by atoms with Crippen molar-refractivity contribution < 1.29 is 14.3 Å². The first kappa shape index (κ1) is 12.6. The molecule has 0 unspecified atom stereocenters. The Balaban J connectivity index is 1.89. The van der Waals surface area contributed by atoms with Crippen molar-refractivity contribution in [2.75, 3.05) is 6.54 Å². The van der Waals surface area contributed by atoms with E-state index in [1.807, 2.05) is 0 Å². The summed E-state index contributed by atoms with van der Waals surface area (Å²) in [5, 5.41) is 12.2. The Morgan fingerprint density at radius 3 is 3.00 bits per heavy atom. The van der Waals surface area contributed by atoms with Crippen LogP contribution in [0, 0.1) is 5.82 Å². The van der Waals surface area contributed by atoms with Crippen LogP contribution in [0.2, 0.25) is 0 Å². The van der Waals surface area contributed by atoms with Gasteiger partial charge in [0.15, 0.2) is 0 Å². The second kappa shape index (κ2) is 5.67. The first-order valence-corrected chi connectivity index (χ1v) is 6.11. The van der Waals surface area contributed by atoms with E-state index in [-0.39, 0.29) is 11.3 Å². The molecule has 2 rings (SSSR count). The molecular weight excluding hydrogens is 233 g/mol. The molecule has 4 heteroatoms. The number of carbonyl (C=O) groups excluding carboxylic acids is 1. The molecule has 1 aliphatic rings. The number of nitrogens with one attached hydrogen (secondary N) is 1. The van der Waals surface area contributed by atoms with E-state index in [4.69, 9.17) is 0 Å². The highest BCUT2D eigenvalue weighted by atomic mass is 19.1. The van der Waals surface area contributed by atoms with E-state index in [2.05, 4.69) is 11.4 Å². The molecule has 3 nitrogen and oxygen atoms in total. The molecule has 0 radical (unpaired) electrons. The summed E-state index contributed by atoms with van der Waals surface area (Å²) < 4.78 is 13.0. The third kappa shape index (κ3) is 3.09. The molecule has 0 bridgehead atoms. The molecule has 0 aromatic heterocycles. The van der Waals surface area contributed by atoms with E-state index in [1.54, 1.807) is 0 Å². The lowest BCUT2D eigenvalue weighted by Gasteiger charge is -2.07. The molecule has 0 saturated heterocycles. The zero-order valence-corrected chi connectivity index (χ0v) is 10.1. The average Bonchev–Trinajstić information content (AvgIpc) is 2.85. The minimum absolute atomic E-state index is 0.0181. The third-order valence-corrected chi connectivity index (χ3v) is 3.07. The van der Waals surface area contributed by atoms with Gasteiger partial charge in [0.2, 0.25) is 0 Å². The van der Waals surface area contributed by atoms with Gasteiger partial charge in [0.1, 0.15) is 11.6 Å². The van der Waals surface area contributed by atoms with Crippen molar-refractivity contribution in [1.29, 1.82) is 0 Å². The molecule has 0 heterocycles. The van der Waals surface area contributed by atoms with Gasteiger partial charge in [-0.05, 0) is 43.9 Å². The van der Waals surface area contributed by atoms with Crippen LogP contribution >= 0.6 is 0 Å². The van der Waals surface area contributed by atoms with Crippen LogP contribution in [0.4, 0.5) is 4.39 Å². The Kier molecular flexibility index (Phi) is 3.97. The number of hydrogen-bond acceptors (Lipinski definition) is 2. The summed E-state index contributed by atoms with van der Waals surface area (Å²) in [6.07, 6.45) is 6.43. The minimum atomic E-state index is -0.531. The standard InChI is InChI=1S/C14H16FNO2/c15-11-5-6-13(17)12(9-11)14(18)16-8-7-10-3-1-2-4-10/h3,5-6,9,17H,1-2,4,7-8H2,(H,16,18). The highest BCUT2D eigenvalue weighted by Gasteiger charge is 2.12. The summed E-state index contributed by atoms with van der Waals surface area (Å²) in [5.74, 6) is -1.17. The fraction of sp³-hybridized carbons (Fsp3) is 0.357. The average molecular weight is 249 g/mol. The van der Waals surface area contributed by atoms with Crippen molar-refractivity contribution in [2.45, 2.75) is 25.7 Å². The number of benzene rings is 1. The predicted molar refractivity (Wildman–Crippen MR) is 66.9 cm³/mol. The van der Waals surface area contributed by atoms with Gasteiger partial charge < -0.3 is 10.4 Å². The van der Waals surface area contributed by atoms with E-state index >= 15 is 0 Å². The Hall–Kier alpha value is -1.84. The van der Waals surface area contributed by atoms with Gasteiger partial charge in [-0.3, -0.25) is 4.79 Å². The van der Waals surface area contributed by atoms with Crippen molar-refractivity contribution >= 4 is 5.91 Å². The number of phenolic OH excluding ortho intramolecular Hbond substituents is 1. The molecule has 1 aliphatic carbocycles. The number of carbonyl (C=O) groups is 1. The number of hydrogen-bond donors (Lipinski definition) is 2. The zero-order chi connectivity index (χ0) is 13.0. The number of amides is 1. The Labute approximate surface area is 105 Å². The van der Waals surface area contributed by atoms with Crippen molar-refractivity contribution in [3.63, 3.8) is 0 Å². The molecule has 18 heavy (non-hydrogen) atoms. The van der Waals surface area contributed by atoms with Crippen molar-refractivity contribution in [3.05, 3.63) is 41.2 Å². The van der Waals surface area contributed by atoms with Crippen LogP contribution in [0.3, 0.4) is 0 Å². The zero-order valence-electron chi connectivity index (χ0n) is 10.1. The molecule has 96 valence electrons. The molecule has 0 spiro atoms. The van der Waals surface area contributed by atoms with Crippen LogP contribution in [-0.4, -0.2) is 17.6 Å². The Morgan fingerprint density at radius 2 is 2.28 bits per heavy atom. The Morgan fingerprint density at radius 1 is 1.44 bits per heavy atom. The van der Waals surface area contributed by atoms with E-state index in [1.165, 1.54) is 18.1 Å². The van der Waals surface area contributed by atoms with Crippen LogP contribution in [0.15, 0.2) is 29.8 Å². The predicted octanol–water partition coefficient (Wildman–Crippen LogP) is 2.76. The molecule has 0 saturated carbocycles. The smallest absolute Gasteiger partial charge is 0.255 e. The summed E-state index contributed by atoms with van der Waals surface area (Å²) in [7, 11) is 0. The van der Waals surface area contributed by atoms with E-state index in [0.29, 0.717) is 6.54 Å². The molecule has 1 aromatic rings. The van der Waals surface area contributed by atoms with Crippen LogP contribution in [-0.2, 0) is 0 Å². The van der Waals surface area contributed by atoms with Gasteiger partial charge in [0.05, 0.1) is 5.56 Å². The van der Waals surface area contributed by atoms with Crippen LogP contribution < -0.4 is 5.32 Å². The summed E-state index contributed by atoms with van der Waals surface area (Å²) >= 11 is 0. The van der Waals surface area contributed by atoms with Crippen LogP contribution in [0.1, 0.15) is 36.0 Å². The lowest BCUT2D eigenvalue weighted by molar-refractivity contribution is 0.0951. The SMILES string of the molecule is O=C(NCCC1=CCCC1)c1cc(F)ccc1O. The summed E-state index contributed by atoms with van der Waals surface area (Å²) in [6, 6.07) is 3.35. The lowest BCUT2D eigenvalue weighted by atomic mass is 10.1. The minimum Gasteiger partial charge on any atom is -0.507 e. The van der Waals surface area contributed by atoms with Crippen LogP contribution in [0.25, 0.3) is 0 Å². The number of halogens is 1. The van der Waals surface area contributed by atoms with Gasteiger partial charge in [0, 0.05) is 6.54 Å². The number of phenols is 1. The van der Waals surface area contributed by atoms with Crippen LogP contribution in [0.5, 0.6) is 5.75 Å². The van der Waals surface area contributed by atoms with Gasteiger partial charge in [-0.25, -0.2) is 4.39 Å². The van der Waals surface area contributed by atoms with Crippen molar-refractivity contribution in [1.82, 2.24) is 5.32 Å². The number of allylic oxidation sites excluding steroid dienone is 1. The van der Waals surface area contributed by atoms with Crippen molar-refractivity contribution in [3.8, 4) is 5.75 Å². The van der Waals surface area contributed by atoms with E-state index in [0.717, 1.165) is 31.4 Å². The fourth-order valence-electron chi connectivity index (χ4n) is 2.09. The second-order valence-corrected chi connectivity index (χ2v) is 4.42. The lowest BCUT2D eigenvalue weighted by Crippen LogP contribution is -2.24. The quantitative estimate of drug-likeness (QED) is 0.806. The first-order chi connectivity index (χ1) is 8.66. The summed E-state index contributed by atoms with van der Waals surface area (Å²) in [5.41, 5.74) is 1.34. The Bertz CT molecular complexity index is 483. The summed E-state index contributed by atoms with van der Waals surface area (Å²) in [4.78, 5) is 11.7. The van der Waals surface area contributed by atoms with Gasteiger partial charge in [-0.2, -0.15) is 0 Å². The van der Waals surface area contributed by atoms with E-state index < -0.39 is 11.7 Å². The van der Waals surface area contributed by atoms with Crippen molar-refractivity contribution in [2.24, 2.45) is 0 Å². The van der Waals surface area contributed by atoms with Gasteiger partial charge in [-0.15, -0.1) is 0 Å². The number of rotatable bonds is 4. The number of aromatic hydroxyl groups is 1. The highest BCUT2D eigenvalue weighted by molar-refractivity contribution is 5.96. The molecule has 0 fully saturated rings. The fourth-order valence-corrected chi connectivity index (χ4v) is 2.09. The maximum atomic E-state index is 13.0. The molecule has 1 amide bonds. The highest BCUT2D eigenvalue weighted by Crippen LogP contribution is 2.20. The molecule has 1 aromatic carbocycles. The maximum Gasteiger partial charge on any atom is 0.255 e. The summed E-state index contributed by atoms with van der Waals surface area (Å²) in [6.45, 7) is 0.515. The van der Waals surface area contributed by atoms with Gasteiger partial charge in [0.25, 0.3) is 5.91 Å². The third-order valence-electron chi connectivity index (χ3n) is 3.07. The first-order valence-electron chi connectivity index (χ1n) is 6.11. The normalized spacial score (nSPS) is 14.4. The van der Waals surface area contributed by atoms with Gasteiger partial charge in [-0.1, -0.05) is 11.6 Å². The topological polar surface area (TPSA) is 49.3 Å². The monoisotopic (exact) mass is 249 g/mol. The van der Waals surface area contributed by atoms with Gasteiger partial charge >= 0.3 is 0 Å². The molecular formula is C14H16FNO2. The molecule has 2 N–H and O–H groups in total. The second-order valence-electron chi connectivity index (χ2n) is 4.42. The molecule has 0 aliphatic heterocycles. The maximum absolute atomic E-state index is 13.0.